The van der Waals surface area contributed by atoms with Crippen LogP contribution in [0.2, 0.25) is 0 Å². The maximum absolute atomic E-state index is 12.1. The zero-order valence-electron chi connectivity index (χ0n) is 16.7. The third-order valence-corrected chi connectivity index (χ3v) is 4.90. The highest BCUT2D eigenvalue weighted by Crippen LogP contribution is 2.26. The van der Waals surface area contributed by atoms with Crippen LogP contribution in [0.3, 0.4) is 0 Å². The number of aromatic nitrogens is 3. The van der Waals surface area contributed by atoms with Gasteiger partial charge in [0.15, 0.2) is 5.16 Å². The number of carbonyl (C=O) groups is 1. The van der Waals surface area contributed by atoms with Crippen molar-refractivity contribution in [3.8, 4) is 5.69 Å². The van der Waals surface area contributed by atoms with Crippen molar-refractivity contribution in [1.29, 1.82) is 0 Å². The number of thioether (sulfide) groups is 1. The smallest absolute Gasteiger partial charge is 0.316 e. The number of hydrogen-bond acceptors (Lipinski definition) is 5. The van der Waals surface area contributed by atoms with Gasteiger partial charge in [-0.25, -0.2) is 0 Å². The molecule has 0 aliphatic rings. The zero-order chi connectivity index (χ0) is 20.1. The second kappa shape index (κ2) is 8.61. The first kappa shape index (κ1) is 20.1. The van der Waals surface area contributed by atoms with E-state index in [1.54, 1.807) is 0 Å². The standard InChI is InChI=1S/C22H25N3O2S/c1-16-10-8-9-13-18(16)25-19(14-17-11-6-5-7-12-17)23-24-21(25)28-15-20(26)27-22(2,3)4/h5-13H,14-15H2,1-4H3. The van der Waals surface area contributed by atoms with Gasteiger partial charge in [-0.15, -0.1) is 10.2 Å². The van der Waals surface area contributed by atoms with Gasteiger partial charge < -0.3 is 4.74 Å². The van der Waals surface area contributed by atoms with Crippen molar-refractivity contribution < 1.29 is 9.53 Å². The predicted octanol–water partition coefficient (Wildman–Crippen LogP) is 4.60. The zero-order valence-corrected chi connectivity index (χ0v) is 17.5. The molecule has 0 atom stereocenters. The van der Waals surface area contributed by atoms with Crippen LogP contribution in [0.1, 0.15) is 37.7 Å². The molecule has 0 saturated heterocycles. The average molecular weight is 396 g/mol. The van der Waals surface area contributed by atoms with E-state index < -0.39 is 5.60 Å². The average Bonchev–Trinajstić information content (AvgIpc) is 3.02. The lowest BCUT2D eigenvalue weighted by molar-refractivity contribution is -0.151. The monoisotopic (exact) mass is 395 g/mol. The van der Waals surface area contributed by atoms with Crippen LogP contribution in [0, 0.1) is 6.92 Å². The molecule has 0 amide bonds. The molecule has 2 aromatic carbocycles. The Morgan fingerprint density at radius 2 is 1.71 bits per heavy atom. The number of rotatable bonds is 6. The summed E-state index contributed by atoms with van der Waals surface area (Å²) < 4.78 is 7.45. The second-order valence-electron chi connectivity index (χ2n) is 7.56. The molecule has 28 heavy (non-hydrogen) atoms. The Morgan fingerprint density at radius 3 is 2.39 bits per heavy atom. The van der Waals surface area contributed by atoms with Gasteiger partial charge in [-0.2, -0.15) is 0 Å². The first-order chi connectivity index (χ1) is 13.3. The van der Waals surface area contributed by atoms with E-state index >= 15 is 0 Å². The molecular weight excluding hydrogens is 370 g/mol. The van der Waals surface area contributed by atoms with Crippen LogP contribution in [-0.4, -0.2) is 32.1 Å². The van der Waals surface area contributed by atoms with Crippen molar-refractivity contribution in [2.75, 3.05) is 5.75 Å². The molecule has 6 heteroatoms. The molecule has 5 nitrogen and oxygen atoms in total. The summed E-state index contributed by atoms with van der Waals surface area (Å²) in [7, 11) is 0. The van der Waals surface area contributed by atoms with E-state index in [0.29, 0.717) is 11.6 Å². The minimum absolute atomic E-state index is 0.187. The summed E-state index contributed by atoms with van der Waals surface area (Å²) >= 11 is 1.35. The number of para-hydroxylation sites is 1. The van der Waals surface area contributed by atoms with Crippen LogP contribution < -0.4 is 0 Å². The van der Waals surface area contributed by atoms with Crippen LogP contribution in [0.25, 0.3) is 5.69 Å². The third kappa shape index (κ3) is 5.23. The summed E-state index contributed by atoms with van der Waals surface area (Å²) in [5.74, 6) is 0.765. The molecule has 0 aliphatic heterocycles. The van der Waals surface area contributed by atoms with Gasteiger partial charge in [0.05, 0.1) is 11.4 Å². The Balaban J connectivity index is 1.90. The molecule has 0 bridgehead atoms. The number of carbonyl (C=O) groups excluding carboxylic acids is 1. The number of benzene rings is 2. The van der Waals surface area contributed by atoms with E-state index in [1.807, 2.05) is 61.7 Å². The van der Waals surface area contributed by atoms with Gasteiger partial charge in [0.25, 0.3) is 0 Å². The molecule has 0 N–H and O–H groups in total. The number of nitrogens with zero attached hydrogens (tertiary/aromatic N) is 3. The van der Waals surface area contributed by atoms with Gasteiger partial charge >= 0.3 is 5.97 Å². The quantitative estimate of drug-likeness (QED) is 0.451. The summed E-state index contributed by atoms with van der Waals surface area (Å²) in [6, 6.07) is 18.3. The van der Waals surface area contributed by atoms with Crippen molar-refractivity contribution in [1.82, 2.24) is 14.8 Å². The molecule has 1 aromatic heterocycles. The SMILES string of the molecule is Cc1ccccc1-n1c(Cc2ccccc2)nnc1SCC(=O)OC(C)(C)C. The molecule has 0 aliphatic carbocycles. The van der Waals surface area contributed by atoms with Gasteiger partial charge in [0.1, 0.15) is 11.4 Å². The lowest BCUT2D eigenvalue weighted by Crippen LogP contribution is -2.25. The van der Waals surface area contributed by atoms with Crippen LogP contribution in [0.15, 0.2) is 59.8 Å². The Bertz CT molecular complexity index is 946. The highest BCUT2D eigenvalue weighted by Gasteiger charge is 2.20. The first-order valence-corrected chi connectivity index (χ1v) is 10.2. The minimum atomic E-state index is -0.500. The van der Waals surface area contributed by atoms with Crippen molar-refractivity contribution in [2.45, 2.75) is 44.9 Å². The van der Waals surface area contributed by atoms with E-state index in [9.17, 15) is 4.79 Å². The molecule has 3 aromatic rings. The lowest BCUT2D eigenvalue weighted by atomic mass is 10.1. The Hall–Kier alpha value is -2.60. The highest BCUT2D eigenvalue weighted by atomic mass is 32.2. The van der Waals surface area contributed by atoms with Gasteiger partial charge in [0, 0.05) is 6.42 Å². The van der Waals surface area contributed by atoms with Gasteiger partial charge in [-0.3, -0.25) is 9.36 Å². The Morgan fingerprint density at radius 1 is 1.04 bits per heavy atom. The predicted molar refractivity (Wildman–Crippen MR) is 112 cm³/mol. The van der Waals surface area contributed by atoms with E-state index in [1.165, 1.54) is 11.8 Å². The Kier molecular flexibility index (Phi) is 6.19. The highest BCUT2D eigenvalue weighted by molar-refractivity contribution is 7.99. The normalized spacial score (nSPS) is 11.4. The minimum Gasteiger partial charge on any atom is -0.459 e. The van der Waals surface area contributed by atoms with Gasteiger partial charge in [-0.05, 0) is 44.9 Å². The molecule has 3 rings (SSSR count). The summed E-state index contributed by atoms with van der Waals surface area (Å²) in [4.78, 5) is 12.1. The van der Waals surface area contributed by atoms with Crippen molar-refractivity contribution in [3.63, 3.8) is 0 Å². The van der Waals surface area contributed by atoms with E-state index in [-0.39, 0.29) is 11.7 Å². The third-order valence-electron chi connectivity index (χ3n) is 4.00. The first-order valence-electron chi connectivity index (χ1n) is 9.22. The van der Waals surface area contributed by atoms with Crippen LogP contribution in [0.4, 0.5) is 0 Å². The summed E-state index contributed by atoms with van der Waals surface area (Å²) in [6.45, 7) is 7.65. The molecule has 0 fully saturated rings. The molecule has 0 unspecified atom stereocenters. The molecule has 1 heterocycles. The second-order valence-corrected chi connectivity index (χ2v) is 8.50. The molecule has 0 spiro atoms. The van der Waals surface area contributed by atoms with Gasteiger partial charge in [-0.1, -0.05) is 60.3 Å². The molecule has 0 saturated carbocycles. The van der Waals surface area contributed by atoms with Crippen LogP contribution in [0.5, 0.6) is 0 Å². The molecule has 146 valence electrons. The van der Waals surface area contributed by atoms with Crippen LogP contribution in [-0.2, 0) is 16.0 Å². The fourth-order valence-corrected chi connectivity index (χ4v) is 3.57. The molecule has 0 radical (unpaired) electrons. The number of esters is 1. The maximum Gasteiger partial charge on any atom is 0.316 e. The summed E-state index contributed by atoms with van der Waals surface area (Å²) in [6.07, 6.45) is 0.662. The van der Waals surface area contributed by atoms with Crippen molar-refractivity contribution >= 4 is 17.7 Å². The lowest BCUT2D eigenvalue weighted by Gasteiger charge is -2.19. The number of hydrogen-bond donors (Lipinski definition) is 0. The van der Waals surface area contributed by atoms with Crippen molar-refractivity contribution in [3.05, 3.63) is 71.5 Å². The van der Waals surface area contributed by atoms with Gasteiger partial charge in [0.2, 0.25) is 0 Å². The van der Waals surface area contributed by atoms with E-state index in [2.05, 4.69) is 35.3 Å². The largest absolute Gasteiger partial charge is 0.459 e. The number of aryl methyl sites for hydroxylation is 1. The topological polar surface area (TPSA) is 57.0 Å². The summed E-state index contributed by atoms with van der Waals surface area (Å²) in [5, 5.41) is 9.47. The maximum atomic E-state index is 12.1. The van der Waals surface area contributed by atoms with Crippen molar-refractivity contribution in [2.24, 2.45) is 0 Å². The Labute approximate surface area is 170 Å². The van der Waals surface area contributed by atoms with E-state index in [4.69, 9.17) is 4.74 Å². The molecular formula is C22H25N3O2S. The van der Waals surface area contributed by atoms with Crippen LogP contribution >= 0.6 is 11.8 Å². The van der Waals surface area contributed by atoms with E-state index in [0.717, 1.165) is 22.6 Å². The number of ether oxygens (including phenoxy) is 1. The fraction of sp³-hybridized carbons (Fsp3) is 0.318. The summed E-state index contributed by atoms with van der Waals surface area (Å²) in [5.41, 5.74) is 2.80. The fourth-order valence-electron chi connectivity index (χ4n) is 2.84.